The fraction of sp³-hybridized carbons (Fsp3) is 1.00. The van der Waals surface area contributed by atoms with Crippen LogP contribution in [-0.4, -0.2) is 37.6 Å². The minimum atomic E-state index is -0.565. The number of methoxy groups -OCH3 is 1. The monoisotopic (exact) mass is 202 g/mol. The predicted octanol–water partition coefficient (Wildman–Crippen LogP) is 1.73. The van der Waals surface area contributed by atoms with Crippen LogP contribution >= 0.6 is 0 Å². The summed E-state index contributed by atoms with van der Waals surface area (Å²) in [6, 6.07) is 0. The molecular formula is C11H22O3. The second-order valence-electron chi connectivity index (χ2n) is 4.18. The summed E-state index contributed by atoms with van der Waals surface area (Å²) >= 11 is 0. The molecule has 0 aromatic rings. The number of ether oxygens (including phenoxy) is 2. The van der Waals surface area contributed by atoms with Gasteiger partial charge in [0.2, 0.25) is 0 Å². The molecule has 1 rings (SSSR count). The first-order chi connectivity index (χ1) is 6.77. The maximum absolute atomic E-state index is 10.2. The van der Waals surface area contributed by atoms with Crippen molar-refractivity contribution in [1.29, 1.82) is 0 Å². The van der Waals surface area contributed by atoms with Crippen LogP contribution in [0.25, 0.3) is 0 Å². The lowest BCUT2D eigenvalue weighted by molar-refractivity contribution is -0.0635. The summed E-state index contributed by atoms with van der Waals surface area (Å²) < 4.78 is 10.3. The Morgan fingerprint density at radius 1 is 1.07 bits per heavy atom. The summed E-state index contributed by atoms with van der Waals surface area (Å²) in [5.74, 6) is 0. The summed E-state index contributed by atoms with van der Waals surface area (Å²) in [7, 11) is 1.66. The first-order valence-corrected chi connectivity index (χ1v) is 5.56. The van der Waals surface area contributed by atoms with E-state index in [0.717, 1.165) is 25.7 Å². The molecule has 0 radical (unpaired) electrons. The molecule has 3 nitrogen and oxygen atoms in total. The van der Waals surface area contributed by atoms with Crippen LogP contribution in [0.4, 0.5) is 0 Å². The van der Waals surface area contributed by atoms with Gasteiger partial charge in [0, 0.05) is 7.11 Å². The molecule has 0 aliphatic heterocycles. The molecule has 84 valence electrons. The van der Waals surface area contributed by atoms with Gasteiger partial charge in [-0.1, -0.05) is 25.7 Å². The van der Waals surface area contributed by atoms with E-state index in [-0.39, 0.29) is 0 Å². The molecule has 0 bridgehead atoms. The fourth-order valence-corrected chi connectivity index (χ4v) is 1.94. The zero-order chi connectivity index (χ0) is 10.3. The van der Waals surface area contributed by atoms with Crippen LogP contribution in [0.2, 0.25) is 0 Å². The summed E-state index contributed by atoms with van der Waals surface area (Å²) in [5, 5.41) is 10.2. The van der Waals surface area contributed by atoms with Crippen molar-refractivity contribution in [2.45, 2.75) is 44.1 Å². The molecule has 0 spiro atoms. The normalized spacial score (nSPS) is 21.9. The number of rotatable bonds is 5. The van der Waals surface area contributed by atoms with Gasteiger partial charge in [0.15, 0.2) is 0 Å². The summed E-state index contributed by atoms with van der Waals surface area (Å²) in [5.41, 5.74) is -0.565. The van der Waals surface area contributed by atoms with Gasteiger partial charge >= 0.3 is 0 Å². The summed E-state index contributed by atoms with van der Waals surface area (Å²) in [4.78, 5) is 0. The van der Waals surface area contributed by atoms with Crippen molar-refractivity contribution >= 4 is 0 Å². The quantitative estimate of drug-likeness (QED) is 0.545. The van der Waals surface area contributed by atoms with Crippen LogP contribution in [0.1, 0.15) is 38.5 Å². The third kappa shape index (κ3) is 4.40. The Morgan fingerprint density at radius 2 is 1.71 bits per heavy atom. The Kier molecular flexibility index (Phi) is 5.45. The Labute approximate surface area is 86.4 Å². The van der Waals surface area contributed by atoms with Gasteiger partial charge in [0.1, 0.15) is 0 Å². The van der Waals surface area contributed by atoms with Crippen molar-refractivity contribution in [2.75, 3.05) is 26.9 Å². The highest BCUT2D eigenvalue weighted by molar-refractivity contribution is 4.80. The van der Waals surface area contributed by atoms with Crippen molar-refractivity contribution in [3.8, 4) is 0 Å². The molecule has 1 aliphatic rings. The minimum absolute atomic E-state index is 0.469. The van der Waals surface area contributed by atoms with Gasteiger partial charge in [-0.25, -0.2) is 0 Å². The van der Waals surface area contributed by atoms with Gasteiger partial charge in [0.25, 0.3) is 0 Å². The molecule has 0 aromatic carbocycles. The SMILES string of the molecule is COCCOCC1(O)CCCCCC1. The van der Waals surface area contributed by atoms with Gasteiger partial charge in [0.05, 0.1) is 25.4 Å². The molecule has 0 atom stereocenters. The van der Waals surface area contributed by atoms with Crippen LogP contribution in [0, 0.1) is 0 Å². The average Bonchev–Trinajstić information content (AvgIpc) is 2.39. The largest absolute Gasteiger partial charge is 0.387 e. The fourth-order valence-electron chi connectivity index (χ4n) is 1.94. The highest BCUT2D eigenvalue weighted by Crippen LogP contribution is 2.27. The first kappa shape index (κ1) is 12.0. The molecular weight excluding hydrogens is 180 g/mol. The van der Waals surface area contributed by atoms with E-state index < -0.39 is 5.60 Å². The van der Waals surface area contributed by atoms with Crippen molar-refractivity contribution in [1.82, 2.24) is 0 Å². The summed E-state index contributed by atoms with van der Waals surface area (Å²) in [6.45, 7) is 1.66. The molecule has 1 N–H and O–H groups in total. The molecule has 14 heavy (non-hydrogen) atoms. The van der Waals surface area contributed by atoms with Crippen LogP contribution < -0.4 is 0 Å². The molecule has 0 amide bonds. The Hall–Kier alpha value is -0.120. The Balaban J connectivity index is 2.17. The van der Waals surface area contributed by atoms with Crippen molar-refractivity contribution < 1.29 is 14.6 Å². The van der Waals surface area contributed by atoms with E-state index in [9.17, 15) is 5.11 Å². The van der Waals surface area contributed by atoms with Crippen molar-refractivity contribution in [3.05, 3.63) is 0 Å². The third-order valence-corrected chi connectivity index (χ3v) is 2.84. The highest BCUT2D eigenvalue weighted by Gasteiger charge is 2.27. The molecule has 0 saturated heterocycles. The van der Waals surface area contributed by atoms with E-state index >= 15 is 0 Å². The molecule has 0 unspecified atom stereocenters. The Bertz CT molecular complexity index is 139. The van der Waals surface area contributed by atoms with E-state index in [1.807, 2.05) is 0 Å². The standard InChI is InChI=1S/C11H22O3/c1-13-8-9-14-10-11(12)6-4-2-3-5-7-11/h12H,2-10H2,1H3. The summed E-state index contributed by atoms with van der Waals surface area (Å²) in [6.07, 6.45) is 6.54. The van der Waals surface area contributed by atoms with E-state index in [4.69, 9.17) is 9.47 Å². The van der Waals surface area contributed by atoms with Crippen LogP contribution in [-0.2, 0) is 9.47 Å². The Morgan fingerprint density at radius 3 is 2.29 bits per heavy atom. The van der Waals surface area contributed by atoms with Crippen LogP contribution in [0.5, 0.6) is 0 Å². The van der Waals surface area contributed by atoms with Crippen LogP contribution in [0.15, 0.2) is 0 Å². The molecule has 0 aromatic heterocycles. The second-order valence-corrected chi connectivity index (χ2v) is 4.18. The van der Waals surface area contributed by atoms with Gasteiger partial charge in [-0.3, -0.25) is 0 Å². The second kappa shape index (κ2) is 6.38. The van der Waals surface area contributed by atoms with Gasteiger partial charge in [-0.05, 0) is 12.8 Å². The number of aliphatic hydroxyl groups is 1. The van der Waals surface area contributed by atoms with Crippen LogP contribution in [0.3, 0.4) is 0 Å². The molecule has 1 fully saturated rings. The number of hydrogen-bond acceptors (Lipinski definition) is 3. The third-order valence-electron chi connectivity index (χ3n) is 2.84. The molecule has 1 saturated carbocycles. The average molecular weight is 202 g/mol. The van der Waals surface area contributed by atoms with E-state index in [0.29, 0.717) is 19.8 Å². The van der Waals surface area contributed by atoms with Gasteiger partial charge in [-0.2, -0.15) is 0 Å². The van der Waals surface area contributed by atoms with E-state index in [1.165, 1.54) is 12.8 Å². The maximum Gasteiger partial charge on any atom is 0.0880 e. The van der Waals surface area contributed by atoms with Gasteiger partial charge in [-0.15, -0.1) is 0 Å². The zero-order valence-electron chi connectivity index (χ0n) is 9.13. The maximum atomic E-state index is 10.2. The molecule has 1 aliphatic carbocycles. The zero-order valence-corrected chi connectivity index (χ0v) is 9.13. The number of hydrogen-bond donors (Lipinski definition) is 1. The van der Waals surface area contributed by atoms with E-state index in [2.05, 4.69) is 0 Å². The topological polar surface area (TPSA) is 38.7 Å². The van der Waals surface area contributed by atoms with E-state index in [1.54, 1.807) is 7.11 Å². The predicted molar refractivity (Wildman–Crippen MR) is 55.3 cm³/mol. The minimum Gasteiger partial charge on any atom is -0.387 e. The highest BCUT2D eigenvalue weighted by atomic mass is 16.5. The smallest absolute Gasteiger partial charge is 0.0880 e. The lowest BCUT2D eigenvalue weighted by atomic mass is 9.96. The van der Waals surface area contributed by atoms with Gasteiger partial charge < -0.3 is 14.6 Å². The lowest BCUT2D eigenvalue weighted by Gasteiger charge is -2.26. The molecule has 3 heteroatoms. The molecule has 0 heterocycles. The lowest BCUT2D eigenvalue weighted by Crippen LogP contribution is -2.34. The first-order valence-electron chi connectivity index (χ1n) is 5.56. The van der Waals surface area contributed by atoms with Crippen molar-refractivity contribution in [3.63, 3.8) is 0 Å². The van der Waals surface area contributed by atoms with Crippen molar-refractivity contribution in [2.24, 2.45) is 0 Å².